The highest BCUT2D eigenvalue weighted by Crippen LogP contribution is 2.36. The Morgan fingerprint density at radius 3 is 2.65 bits per heavy atom. The summed E-state index contributed by atoms with van der Waals surface area (Å²) in [6, 6.07) is 19.6. The first-order chi connectivity index (χ1) is 17.9. The molecule has 0 aliphatic carbocycles. The molecule has 1 amide bonds. The van der Waals surface area contributed by atoms with Crippen LogP contribution in [-0.2, 0) is 11.3 Å². The van der Waals surface area contributed by atoms with Gasteiger partial charge in [0, 0.05) is 17.3 Å². The van der Waals surface area contributed by atoms with E-state index in [9.17, 15) is 4.79 Å². The third kappa shape index (κ3) is 5.55. The normalized spacial score (nSPS) is 14.8. The molecule has 4 aromatic rings. The minimum Gasteiger partial charge on any atom is -0.493 e. The first kappa shape index (κ1) is 25.0. The van der Waals surface area contributed by atoms with Crippen LogP contribution < -0.4 is 4.74 Å². The van der Waals surface area contributed by atoms with Gasteiger partial charge in [0.25, 0.3) is 5.91 Å². The Kier molecular flexibility index (Phi) is 7.30. The number of thioether (sulfide) groups is 1. The number of ether oxygens (including phenoxy) is 1. The van der Waals surface area contributed by atoms with Gasteiger partial charge in [-0.3, -0.25) is 9.69 Å². The summed E-state index contributed by atoms with van der Waals surface area (Å²) in [5, 5.41) is 4.91. The highest BCUT2D eigenvalue weighted by Gasteiger charge is 2.33. The number of aryl methyl sites for hydroxylation is 1. The summed E-state index contributed by atoms with van der Waals surface area (Å²) in [5.74, 6) is 1.85. The van der Waals surface area contributed by atoms with E-state index in [0.717, 1.165) is 33.8 Å². The second kappa shape index (κ2) is 10.8. The average molecular weight is 530 g/mol. The number of thiocarbonyl (C=S) groups is 1. The SMILES string of the molecule is Cc1cc(-c2nn(-c3ccccc3)cc2C=C2SC(=S)N(Cc3ccco3)C2=O)ccc1OCC(C)C. The molecule has 0 bridgehead atoms. The standard InChI is InChI=1S/C29H27N3O3S2/c1-19(2)18-35-25-12-11-21(14-20(25)3)27-22(16-32(30-27)23-8-5-4-6-9-23)15-26-28(33)31(29(36)37-26)17-24-10-7-13-34-24/h4-16,19H,17-18H2,1-3H3. The van der Waals surface area contributed by atoms with E-state index < -0.39 is 0 Å². The quantitative estimate of drug-likeness (QED) is 0.183. The van der Waals surface area contributed by atoms with E-state index in [2.05, 4.69) is 19.9 Å². The summed E-state index contributed by atoms with van der Waals surface area (Å²) in [6.07, 6.45) is 5.41. The van der Waals surface area contributed by atoms with Crippen LogP contribution in [0.4, 0.5) is 0 Å². The number of aromatic nitrogens is 2. The summed E-state index contributed by atoms with van der Waals surface area (Å²) in [6.45, 7) is 7.26. The van der Waals surface area contributed by atoms with Gasteiger partial charge in [-0.05, 0) is 66.9 Å². The molecule has 1 aliphatic heterocycles. The zero-order valence-corrected chi connectivity index (χ0v) is 22.5. The zero-order valence-electron chi connectivity index (χ0n) is 20.9. The molecule has 0 N–H and O–H groups in total. The number of para-hydroxylation sites is 1. The molecule has 37 heavy (non-hydrogen) atoms. The number of hydrogen-bond donors (Lipinski definition) is 0. The molecule has 6 nitrogen and oxygen atoms in total. The van der Waals surface area contributed by atoms with Crippen molar-refractivity contribution in [2.75, 3.05) is 6.61 Å². The van der Waals surface area contributed by atoms with Crippen molar-refractivity contribution in [3.63, 3.8) is 0 Å². The molecule has 1 saturated heterocycles. The minimum absolute atomic E-state index is 0.140. The number of benzene rings is 2. The van der Waals surface area contributed by atoms with Crippen LogP contribution in [0.15, 0.2) is 82.4 Å². The first-order valence-electron chi connectivity index (χ1n) is 12.1. The number of carbonyl (C=O) groups excluding carboxylic acids is 1. The van der Waals surface area contributed by atoms with Crippen molar-refractivity contribution in [2.24, 2.45) is 5.92 Å². The average Bonchev–Trinajstić information content (AvgIpc) is 3.61. The smallest absolute Gasteiger partial charge is 0.266 e. The molecule has 5 rings (SSSR count). The van der Waals surface area contributed by atoms with Gasteiger partial charge in [0.05, 0.1) is 30.0 Å². The molecule has 3 heterocycles. The second-order valence-electron chi connectivity index (χ2n) is 9.25. The fraction of sp³-hybridized carbons (Fsp3) is 0.207. The van der Waals surface area contributed by atoms with Crippen LogP contribution in [0, 0.1) is 12.8 Å². The van der Waals surface area contributed by atoms with Gasteiger partial charge in [-0.25, -0.2) is 4.68 Å². The lowest BCUT2D eigenvalue weighted by Gasteiger charge is -2.12. The maximum absolute atomic E-state index is 13.3. The summed E-state index contributed by atoms with van der Waals surface area (Å²) in [4.78, 5) is 15.4. The lowest BCUT2D eigenvalue weighted by Crippen LogP contribution is -2.27. The van der Waals surface area contributed by atoms with Gasteiger partial charge in [-0.2, -0.15) is 5.10 Å². The van der Waals surface area contributed by atoms with Crippen LogP contribution in [0.5, 0.6) is 5.75 Å². The fourth-order valence-corrected chi connectivity index (χ4v) is 5.23. The number of rotatable bonds is 8. The van der Waals surface area contributed by atoms with Crippen molar-refractivity contribution in [2.45, 2.75) is 27.3 Å². The Balaban J connectivity index is 1.51. The molecular weight excluding hydrogens is 502 g/mol. The van der Waals surface area contributed by atoms with Crippen molar-refractivity contribution in [1.82, 2.24) is 14.7 Å². The predicted octanol–water partition coefficient (Wildman–Crippen LogP) is 6.88. The van der Waals surface area contributed by atoms with Gasteiger partial charge in [0.1, 0.15) is 21.5 Å². The molecular formula is C29H27N3O3S2. The van der Waals surface area contributed by atoms with Crippen molar-refractivity contribution < 1.29 is 13.9 Å². The molecule has 188 valence electrons. The molecule has 2 aromatic carbocycles. The van der Waals surface area contributed by atoms with E-state index in [-0.39, 0.29) is 5.91 Å². The number of carbonyl (C=O) groups is 1. The van der Waals surface area contributed by atoms with Crippen LogP contribution in [0.3, 0.4) is 0 Å². The number of amides is 1. The molecule has 0 unspecified atom stereocenters. The molecule has 0 spiro atoms. The zero-order chi connectivity index (χ0) is 25.9. The van der Waals surface area contributed by atoms with E-state index in [1.54, 1.807) is 17.2 Å². The first-order valence-corrected chi connectivity index (χ1v) is 13.3. The minimum atomic E-state index is -0.140. The highest BCUT2D eigenvalue weighted by molar-refractivity contribution is 8.26. The van der Waals surface area contributed by atoms with E-state index in [4.69, 9.17) is 26.5 Å². The van der Waals surface area contributed by atoms with Gasteiger partial charge in [0.15, 0.2) is 0 Å². The summed E-state index contributed by atoms with van der Waals surface area (Å²) in [7, 11) is 0. The largest absolute Gasteiger partial charge is 0.493 e. The number of hydrogen-bond acceptors (Lipinski definition) is 6. The Morgan fingerprint density at radius 2 is 1.95 bits per heavy atom. The van der Waals surface area contributed by atoms with Gasteiger partial charge in [0.2, 0.25) is 0 Å². The van der Waals surface area contributed by atoms with E-state index in [1.165, 1.54) is 11.8 Å². The Labute approximate surface area is 225 Å². The van der Waals surface area contributed by atoms with Crippen LogP contribution >= 0.6 is 24.0 Å². The summed E-state index contributed by atoms with van der Waals surface area (Å²) < 4.78 is 13.7. The summed E-state index contributed by atoms with van der Waals surface area (Å²) in [5.41, 5.74) is 4.52. The van der Waals surface area contributed by atoms with Crippen LogP contribution in [0.1, 0.15) is 30.7 Å². The monoisotopic (exact) mass is 529 g/mol. The third-order valence-electron chi connectivity index (χ3n) is 5.84. The van der Waals surface area contributed by atoms with Crippen LogP contribution in [0.2, 0.25) is 0 Å². The molecule has 2 aromatic heterocycles. The Morgan fingerprint density at radius 1 is 1.14 bits per heavy atom. The van der Waals surface area contributed by atoms with Crippen molar-refractivity contribution in [3.8, 4) is 22.7 Å². The Hall–Kier alpha value is -3.62. The maximum atomic E-state index is 13.3. The Bertz CT molecular complexity index is 1460. The van der Waals surface area contributed by atoms with Gasteiger partial charge in [-0.15, -0.1) is 0 Å². The molecule has 8 heteroatoms. The maximum Gasteiger partial charge on any atom is 0.266 e. The van der Waals surface area contributed by atoms with E-state index in [0.29, 0.717) is 34.1 Å². The fourth-order valence-electron chi connectivity index (χ4n) is 3.98. The molecule has 1 fully saturated rings. The third-order valence-corrected chi connectivity index (χ3v) is 7.22. The van der Waals surface area contributed by atoms with E-state index in [1.807, 2.05) is 72.4 Å². The van der Waals surface area contributed by atoms with Crippen LogP contribution in [-0.4, -0.2) is 31.5 Å². The van der Waals surface area contributed by atoms with Crippen LogP contribution in [0.25, 0.3) is 23.0 Å². The molecule has 0 atom stereocenters. The van der Waals surface area contributed by atoms with E-state index >= 15 is 0 Å². The number of nitrogens with zero attached hydrogens (tertiary/aromatic N) is 3. The van der Waals surface area contributed by atoms with Crippen molar-refractivity contribution in [1.29, 1.82) is 0 Å². The summed E-state index contributed by atoms with van der Waals surface area (Å²) >= 11 is 6.81. The highest BCUT2D eigenvalue weighted by atomic mass is 32.2. The topological polar surface area (TPSA) is 60.5 Å². The second-order valence-corrected chi connectivity index (χ2v) is 10.9. The number of furan rings is 1. The predicted molar refractivity (Wildman–Crippen MR) is 151 cm³/mol. The van der Waals surface area contributed by atoms with Crippen molar-refractivity contribution >= 4 is 40.3 Å². The van der Waals surface area contributed by atoms with Crippen molar-refractivity contribution in [3.05, 3.63) is 94.9 Å². The van der Waals surface area contributed by atoms with Gasteiger partial charge in [-0.1, -0.05) is 56.0 Å². The lowest BCUT2D eigenvalue weighted by molar-refractivity contribution is -0.122. The lowest BCUT2D eigenvalue weighted by atomic mass is 10.0. The molecule has 1 aliphatic rings. The van der Waals surface area contributed by atoms with Gasteiger partial charge >= 0.3 is 0 Å². The molecule has 0 saturated carbocycles. The van der Waals surface area contributed by atoms with Gasteiger partial charge < -0.3 is 9.15 Å². The molecule has 0 radical (unpaired) electrons.